The zero-order chi connectivity index (χ0) is 9.61. The molecule has 0 aliphatic rings. The fourth-order valence-corrected chi connectivity index (χ4v) is 3.60. The van der Waals surface area contributed by atoms with Crippen molar-refractivity contribution in [2.45, 2.75) is 38.9 Å². The summed E-state index contributed by atoms with van der Waals surface area (Å²) in [5.74, 6) is 0.909. The van der Waals surface area contributed by atoms with E-state index in [1.807, 2.05) is 0 Å². The molecule has 68 valence electrons. The molecular formula is C9H15LiO2Si. The van der Waals surface area contributed by atoms with Gasteiger partial charge in [0.2, 0.25) is 0 Å². The van der Waals surface area contributed by atoms with E-state index >= 15 is 0 Å². The first-order valence-electron chi connectivity index (χ1n) is 4.34. The number of rotatable bonds is 3. The first-order valence-corrected chi connectivity index (χ1v) is 6.96. The smallest absolute Gasteiger partial charge is 0.537 e. The van der Waals surface area contributed by atoms with Gasteiger partial charge < -0.3 is 9.90 Å². The van der Waals surface area contributed by atoms with Crippen molar-refractivity contribution in [3.05, 3.63) is 0 Å². The van der Waals surface area contributed by atoms with Crippen molar-refractivity contribution < 1.29 is 28.8 Å². The molecule has 4 heteroatoms. The second-order valence-electron chi connectivity index (χ2n) is 2.88. The molecule has 0 bridgehead atoms. The minimum atomic E-state index is -1.56. The van der Waals surface area contributed by atoms with Gasteiger partial charge in [-0.2, -0.15) is 0 Å². The van der Waals surface area contributed by atoms with Crippen LogP contribution in [0.2, 0.25) is 18.1 Å². The molecule has 0 unspecified atom stereocenters. The second kappa shape index (κ2) is 7.27. The predicted molar refractivity (Wildman–Crippen MR) is 50.0 cm³/mol. The third-order valence-corrected chi connectivity index (χ3v) is 7.18. The maximum atomic E-state index is 10.1. The van der Waals surface area contributed by atoms with Crippen LogP contribution in [-0.4, -0.2) is 14.0 Å². The Kier molecular flexibility index (Phi) is 8.57. The molecule has 0 N–H and O–H groups in total. The molecule has 0 spiro atoms. The van der Waals surface area contributed by atoms with Gasteiger partial charge in [-0.3, -0.25) is 0 Å². The van der Waals surface area contributed by atoms with Crippen LogP contribution in [-0.2, 0) is 4.79 Å². The van der Waals surface area contributed by atoms with Gasteiger partial charge in [0.25, 0.3) is 0 Å². The van der Waals surface area contributed by atoms with E-state index in [1.165, 1.54) is 0 Å². The topological polar surface area (TPSA) is 40.1 Å². The predicted octanol–water partition coefficient (Wildman–Crippen LogP) is -2.21. The SMILES string of the molecule is CC[Si](C#CC(=O)[O-])(CC)CC.[Li+]. The fourth-order valence-electron chi connectivity index (χ4n) is 1.20. The molecule has 0 aromatic rings. The molecule has 2 nitrogen and oxygen atoms in total. The summed E-state index contributed by atoms with van der Waals surface area (Å²) in [7, 11) is -1.56. The van der Waals surface area contributed by atoms with E-state index in [-0.39, 0.29) is 18.9 Å². The van der Waals surface area contributed by atoms with Crippen LogP contribution in [0.4, 0.5) is 0 Å². The Hall–Kier alpha value is -0.156. The van der Waals surface area contributed by atoms with Gasteiger partial charge in [-0.25, -0.2) is 0 Å². The van der Waals surface area contributed by atoms with E-state index in [9.17, 15) is 9.90 Å². The quantitative estimate of drug-likeness (QED) is 0.374. The summed E-state index contributed by atoms with van der Waals surface area (Å²) in [5.41, 5.74) is 2.91. The van der Waals surface area contributed by atoms with Crippen molar-refractivity contribution in [3.63, 3.8) is 0 Å². The van der Waals surface area contributed by atoms with Crippen LogP contribution in [0.25, 0.3) is 0 Å². The Bertz CT molecular complexity index is 205. The second-order valence-corrected chi connectivity index (χ2v) is 7.81. The number of carbonyl (C=O) groups excluding carboxylic acids is 1. The Morgan fingerprint density at radius 1 is 1.23 bits per heavy atom. The van der Waals surface area contributed by atoms with Crippen molar-refractivity contribution >= 4 is 14.0 Å². The molecule has 0 aromatic carbocycles. The van der Waals surface area contributed by atoms with Gasteiger partial charge in [-0.1, -0.05) is 26.7 Å². The van der Waals surface area contributed by atoms with Gasteiger partial charge in [0.15, 0.2) is 0 Å². The Morgan fingerprint density at radius 2 is 1.62 bits per heavy atom. The number of aliphatic carboxylic acids is 1. The zero-order valence-corrected chi connectivity index (χ0v) is 9.94. The summed E-state index contributed by atoms with van der Waals surface area (Å²) < 4.78 is 0. The van der Waals surface area contributed by atoms with Crippen LogP contribution in [0, 0.1) is 11.5 Å². The average Bonchev–Trinajstić information content (AvgIpc) is 2.08. The van der Waals surface area contributed by atoms with E-state index in [0.29, 0.717) is 0 Å². The summed E-state index contributed by atoms with van der Waals surface area (Å²) in [6.45, 7) is 6.26. The molecule has 0 amide bonds. The summed E-state index contributed by atoms with van der Waals surface area (Å²) in [6, 6.07) is 3.08. The van der Waals surface area contributed by atoms with Gasteiger partial charge in [-0.05, 0) is 18.1 Å². The van der Waals surface area contributed by atoms with E-state index in [0.717, 1.165) is 18.1 Å². The fraction of sp³-hybridized carbons (Fsp3) is 0.667. The van der Waals surface area contributed by atoms with Crippen LogP contribution >= 0.6 is 0 Å². The molecule has 0 aliphatic heterocycles. The van der Waals surface area contributed by atoms with Crippen LogP contribution in [0.3, 0.4) is 0 Å². The average molecular weight is 190 g/mol. The minimum absolute atomic E-state index is 0. The zero-order valence-electron chi connectivity index (χ0n) is 8.94. The monoisotopic (exact) mass is 190 g/mol. The molecule has 0 fully saturated rings. The Balaban J connectivity index is 0. The van der Waals surface area contributed by atoms with Crippen LogP contribution < -0.4 is 24.0 Å². The molecule has 0 aromatic heterocycles. The van der Waals surface area contributed by atoms with Crippen molar-refractivity contribution in [2.24, 2.45) is 0 Å². The summed E-state index contributed by atoms with van der Waals surface area (Å²) in [4.78, 5) is 10.1. The van der Waals surface area contributed by atoms with Crippen LogP contribution in [0.5, 0.6) is 0 Å². The normalized spacial score (nSPS) is 9.46. The summed E-state index contributed by atoms with van der Waals surface area (Å²) in [5, 5.41) is 10.1. The molecule has 0 rings (SSSR count). The summed E-state index contributed by atoms with van der Waals surface area (Å²) >= 11 is 0. The molecule has 0 saturated carbocycles. The molecular weight excluding hydrogens is 175 g/mol. The number of carbonyl (C=O) groups is 1. The Labute approximate surface area is 93.3 Å². The molecule has 0 heterocycles. The Morgan fingerprint density at radius 3 is 1.85 bits per heavy atom. The molecule has 13 heavy (non-hydrogen) atoms. The van der Waals surface area contributed by atoms with Gasteiger partial charge in [0.1, 0.15) is 14.0 Å². The van der Waals surface area contributed by atoms with Crippen molar-refractivity contribution in [2.75, 3.05) is 0 Å². The van der Waals surface area contributed by atoms with Crippen molar-refractivity contribution in [1.29, 1.82) is 0 Å². The number of hydrogen-bond acceptors (Lipinski definition) is 2. The van der Waals surface area contributed by atoms with Crippen molar-refractivity contribution in [1.82, 2.24) is 0 Å². The largest absolute Gasteiger partial charge is 1.00 e. The number of carboxylic acids is 1. The van der Waals surface area contributed by atoms with E-state index in [2.05, 4.69) is 32.2 Å². The van der Waals surface area contributed by atoms with Gasteiger partial charge >= 0.3 is 18.9 Å². The van der Waals surface area contributed by atoms with Crippen LogP contribution in [0.15, 0.2) is 0 Å². The third kappa shape index (κ3) is 5.21. The number of carboxylic acid groups (broad SMARTS) is 1. The third-order valence-electron chi connectivity index (χ3n) is 2.46. The molecule has 0 aliphatic carbocycles. The van der Waals surface area contributed by atoms with E-state index < -0.39 is 14.0 Å². The van der Waals surface area contributed by atoms with E-state index in [4.69, 9.17) is 0 Å². The maximum absolute atomic E-state index is 10.1. The standard InChI is InChI=1S/C9H16O2Si.Li/c1-4-12(5-2,6-3)8-7-9(10)11;/h4-6H2,1-3H3,(H,10,11);/q;+1/p-1. The molecule has 0 atom stereocenters. The molecule has 0 saturated heterocycles. The van der Waals surface area contributed by atoms with Crippen molar-refractivity contribution in [3.8, 4) is 11.5 Å². The summed E-state index contributed by atoms with van der Waals surface area (Å²) in [6.07, 6.45) is 0. The molecule has 0 radical (unpaired) electrons. The first kappa shape index (κ1) is 15.3. The van der Waals surface area contributed by atoms with Crippen LogP contribution in [0.1, 0.15) is 20.8 Å². The van der Waals surface area contributed by atoms with Gasteiger partial charge in [0.05, 0.1) is 0 Å². The minimum Gasteiger partial charge on any atom is -0.537 e. The number of hydrogen-bond donors (Lipinski definition) is 0. The van der Waals surface area contributed by atoms with Gasteiger partial charge in [0, 0.05) is 0 Å². The maximum Gasteiger partial charge on any atom is 1.00 e. The first-order chi connectivity index (χ1) is 5.60. The van der Waals surface area contributed by atoms with Gasteiger partial charge in [-0.15, -0.1) is 5.54 Å². The van der Waals surface area contributed by atoms with E-state index in [1.54, 1.807) is 0 Å².